The summed E-state index contributed by atoms with van der Waals surface area (Å²) in [7, 11) is 0. The maximum Gasteiger partial charge on any atom is 0.249 e. The highest BCUT2D eigenvalue weighted by Crippen LogP contribution is 2.63. The lowest BCUT2D eigenvalue weighted by molar-refractivity contribution is -0.737. The van der Waals surface area contributed by atoms with Crippen molar-refractivity contribution in [3.63, 3.8) is 0 Å². The molecule has 2 nitrogen and oxygen atoms in total. The molecule has 2 aromatic rings. The quantitative estimate of drug-likeness (QED) is 0.693. The standard InChI is InChI=1S/C22H31N2/c1-14-9-15(2)21(16(3)10-14)24-8-7-23(13-24)20-12-18-11-19(17(20)4)22(18,5)6/h7-10,13,17-20H,11-12H2,1-6H3/q+1/t17-,18+,19-,20-/m1/s1. The predicted molar refractivity (Wildman–Crippen MR) is 98.4 cm³/mol. The van der Waals surface area contributed by atoms with Crippen LogP contribution in [-0.4, -0.2) is 4.57 Å². The summed E-state index contributed by atoms with van der Waals surface area (Å²) < 4.78 is 4.81. The molecule has 1 heterocycles. The van der Waals surface area contributed by atoms with Crippen molar-refractivity contribution < 1.29 is 4.57 Å². The molecular formula is C22H31N2+. The molecule has 0 saturated heterocycles. The number of benzene rings is 1. The van der Waals surface area contributed by atoms with E-state index in [0.717, 1.165) is 17.8 Å². The predicted octanol–water partition coefficient (Wildman–Crippen LogP) is 4.93. The second-order valence-corrected chi connectivity index (χ2v) is 9.04. The van der Waals surface area contributed by atoms with Gasteiger partial charge in [-0.3, -0.25) is 0 Å². The molecule has 2 bridgehead atoms. The van der Waals surface area contributed by atoms with Crippen molar-refractivity contribution in [3.05, 3.63) is 47.5 Å². The van der Waals surface area contributed by atoms with Crippen molar-refractivity contribution >= 4 is 0 Å². The molecule has 3 saturated carbocycles. The van der Waals surface area contributed by atoms with Crippen LogP contribution in [0.25, 0.3) is 5.69 Å². The molecule has 3 aliphatic rings. The molecule has 0 aliphatic heterocycles. The fourth-order valence-corrected chi connectivity index (χ4v) is 5.79. The molecule has 0 spiro atoms. The molecule has 24 heavy (non-hydrogen) atoms. The van der Waals surface area contributed by atoms with Crippen molar-refractivity contribution in [2.45, 2.75) is 60.4 Å². The van der Waals surface area contributed by atoms with Gasteiger partial charge in [0.2, 0.25) is 6.33 Å². The van der Waals surface area contributed by atoms with Crippen molar-refractivity contribution in [1.29, 1.82) is 0 Å². The first kappa shape index (κ1) is 15.9. The first-order valence-corrected chi connectivity index (χ1v) is 9.46. The minimum Gasteiger partial charge on any atom is -0.233 e. The van der Waals surface area contributed by atoms with Gasteiger partial charge >= 0.3 is 0 Å². The first-order chi connectivity index (χ1) is 11.3. The summed E-state index contributed by atoms with van der Waals surface area (Å²) in [6.45, 7) is 14.1. The van der Waals surface area contributed by atoms with Gasteiger partial charge in [0.1, 0.15) is 24.1 Å². The molecular weight excluding hydrogens is 292 g/mol. The number of aryl methyl sites for hydroxylation is 3. The lowest BCUT2D eigenvalue weighted by atomic mass is 9.44. The molecule has 1 aromatic heterocycles. The van der Waals surface area contributed by atoms with Gasteiger partial charge in [-0.15, -0.1) is 0 Å². The van der Waals surface area contributed by atoms with Gasteiger partial charge in [0.25, 0.3) is 0 Å². The number of imidazole rings is 1. The highest BCUT2D eigenvalue weighted by molar-refractivity contribution is 5.48. The van der Waals surface area contributed by atoms with Gasteiger partial charge in [-0.05, 0) is 62.0 Å². The zero-order valence-electron chi connectivity index (χ0n) is 16.0. The number of fused-ring (bicyclic) bond motifs is 2. The summed E-state index contributed by atoms with van der Waals surface area (Å²) in [5.74, 6) is 2.56. The fourth-order valence-electron chi connectivity index (χ4n) is 5.79. The Balaban J connectivity index is 1.65. The smallest absolute Gasteiger partial charge is 0.233 e. The molecule has 0 radical (unpaired) electrons. The van der Waals surface area contributed by atoms with E-state index in [9.17, 15) is 0 Å². The van der Waals surface area contributed by atoms with Crippen LogP contribution >= 0.6 is 0 Å². The number of nitrogens with zero attached hydrogens (tertiary/aromatic N) is 2. The Hall–Kier alpha value is -1.57. The minimum absolute atomic E-state index is 0.559. The molecule has 0 N–H and O–H groups in total. The topological polar surface area (TPSA) is 8.81 Å². The summed E-state index contributed by atoms with van der Waals surface area (Å²) in [6.07, 6.45) is 9.64. The Labute approximate surface area is 146 Å². The molecule has 3 aliphatic carbocycles. The van der Waals surface area contributed by atoms with E-state index in [4.69, 9.17) is 0 Å². The van der Waals surface area contributed by atoms with Gasteiger partial charge < -0.3 is 0 Å². The van der Waals surface area contributed by atoms with Crippen LogP contribution in [0.2, 0.25) is 0 Å². The molecule has 4 atom stereocenters. The normalized spacial score (nSPS) is 30.9. The molecule has 5 rings (SSSR count). The fraction of sp³-hybridized carbons (Fsp3) is 0.591. The van der Waals surface area contributed by atoms with Crippen LogP contribution in [-0.2, 0) is 0 Å². The number of hydrogen-bond donors (Lipinski definition) is 0. The molecule has 128 valence electrons. The lowest BCUT2D eigenvalue weighted by Gasteiger charge is -2.61. The highest BCUT2D eigenvalue weighted by atomic mass is 15.1. The summed E-state index contributed by atoms with van der Waals surface area (Å²) >= 11 is 0. The monoisotopic (exact) mass is 323 g/mol. The Bertz CT molecular complexity index is 760. The van der Waals surface area contributed by atoms with E-state index < -0.39 is 0 Å². The number of rotatable bonds is 2. The van der Waals surface area contributed by atoms with Crippen molar-refractivity contribution in [2.24, 2.45) is 23.2 Å². The van der Waals surface area contributed by atoms with Crippen LogP contribution in [0.5, 0.6) is 0 Å². The lowest BCUT2D eigenvalue weighted by Crippen LogP contribution is -2.60. The van der Waals surface area contributed by atoms with E-state index in [2.05, 4.69) is 81.5 Å². The Morgan fingerprint density at radius 2 is 1.75 bits per heavy atom. The third kappa shape index (κ3) is 2.18. The third-order valence-electron chi connectivity index (χ3n) is 7.25. The zero-order chi connectivity index (χ0) is 17.2. The average molecular weight is 324 g/mol. The largest absolute Gasteiger partial charge is 0.249 e. The van der Waals surface area contributed by atoms with E-state index >= 15 is 0 Å². The van der Waals surface area contributed by atoms with E-state index in [0.29, 0.717) is 11.5 Å². The SMILES string of the molecule is Cc1cc(C)c(-n2cc[n+]([C@@H]3C[C@@H]4C[C@H]([C@H]3C)C4(C)C)c2)c(C)c1. The van der Waals surface area contributed by atoms with E-state index in [1.807, 2.05) is 0 Å². The molecule has 0 amide bonds. The van der Waals surface area contributed by atoms with Crippen LogP contribution in [0.1, 0.15) is 56.3 Å². The zero-order valence-corrected chi connectivity index (χ0v) is 16.0. The Morgan fingerprint density at radius 3 is 2.33 bits per heavy atom. The number of hydrogen-bond acceptors (Lipinski definition) is 0. The number of aromatic nitrogens is 2. The summed E-state index contributed by atoms with van der Waals surface area (Å²) in [6, 6.07) is 5.23. The summed E-state index contributed by atoms with van der Waals surface area (Å²) in [5.41, 5.74) is 5.96. The molecule has 3 fully saturated rings. The minimum atomic E-state index is 0.559. The van der Waals surface area contributed by atoms with Crippen molar-refractivity contribution in [2.75, 3.05) is 0 Å². The summed E-state index contributed by atoms with van der Waals surface area (Å²) in [4.78, 5) is 0. The van der Waals surface area contributed by atoms with Crippen LogP contribution in [0.3, 0.4) is 0 Å². The van der Waals surface area contributed by atoms with Crippen LogP contribution in [0.15, 0.2) is 30.9 Å². The van der Waals surface area contributed by atoms with Gasteiger partial charge in [0.05, 0.1) is 0 Å². The van der Waals surface area contributed by atoms with Crippen LogP contribution in [0.4, 0.5) is 0 Å². The van der Waals surface area contributed by atoms with Gasteiger partial charge in [-0.1, -0.05) is 38.5 Å². The van der Waals surface area contributed by atoms with E-state index in [-0.39, 0.29) is 0 Å². The second kappa shape index (κ2) is 5.21. The molecule has 0 unspecified atom stereocenters. The Kier molecular flexibility index (Phi) is 3.46. The molecule has 2 heteroatoms. The van der Waals surface area contributed by atoms with Gasteiger partial charge in [0, 0.05) is 5.92 Å². The highest BCUT2D eigenvalue weighted by Gasteiger charge is 2.57. The molecule has 1 aromatic carbocycles. The first-order valence-electron chi connectivity index (χ1n) is 9.46. The van der Waals surface area contributed by atoms with Gasteiger partial charge in [-0.25, -0.2) is 9.13 Å². The maximum absolute atomic E-state index is 2.48. The second-order valence-electron chi connectivity index (χ2n) is 9.04. The third-order valence-corrected chi connectivity index (χ3v) is 7.25. The van der Waals surface area contributed by atoms with Gasteiger partial charge in [0.15, 0.2) is 0 Å². The van der Waals surface area contributed by atoms with Crippen molar-refractivity contribution in [1.82, 2.24) is 4.57 Å². The maximum atomic E-state index is 2.48. The Morgan fingerprint density at radius 1 is 1.08 bits per heavy atom. The van der Waals surface area contributed by atoms with Crippen molar-refractivity contribution in [3.8, 4) is 5.69 Å². The average Bonchev–Trinajstić information content (AvgIpc) is 2.95. The van der Waals surface area contributed by atoms with E-state index in [1.54, 1.807) is 0 Å². The van der Waals surface area contributed by atoms with Gasteiger partial charge in [-0.2, -0.15) is 0 Å². The van der Waals surface area contributed by atoms with Crippen LogP contribution in [0, 0.1) is 43.9 Å². The van der Waals surface area contributed by atoms with E-state index in [1.165, 1.54) is 35.2 Å². The van der Waals surface area contributed by atoms with Crippen LogP contribution < -0.4 is 4.57 Å². The summed E-state index contributed by atoms with van der Waals surface area (Å²) in [5, 5.41) is 0.